The van der Waals surface area contributed by atoms with Gasteiger partial charge in [0.15, 0.2) is 0 Å². The Bertz CT molecular complexity index is 715. The van der Waals surface area contributed by atoms with E-state index in [9.17, 15) is 9.59 Å². The zero-order chi connectivity index (χ0) is 19.5. The summed E-state index contributed by atoms with van der Waals surface area (Å²) in [6, 6.07) is 16.2. The minimum Gasteiger partial charge on any atom is -0.489 e. The van der Waals surface area contributed by atoms with Gasteiger partial charge in [-0.2, -0.15) is 0 Å². The molecule has 6 nitrogen and oxygen atoms in total. The lowest BCUT2D eigenvalue weighted by Gasteiger charge is -2.11. The molecule has 2 aromatic carbocycles. The average Bonchev–Trinajstić information content (AvgIpc) is 2.68. The fourth-order valence-corrected chi connectivity index (χ4v) is 2.29. The van der Waals surface area contributed by atoms with E-state index < -0.39 is 18.2 Å². The zero-order valence-electron chi connectivity index (χ0n) is 15.4. The average molecular weight is 371 g/mol. The first kappa shape index (κ1) is 20.5. The van der Waals surface area contributed by atoms with Gasteiger partial charge in [0.05, 0.1) is 6.61 Å². The van der Waals surface area contributed by atoms with E-state index in [4.69, 9.17) is 15.2 Å². The Balaban J connectivity index is 1.77. The lowest BCUT2D eigenvalue weighted by molar-refractivity contribution is -0.141. The predicted octanol–water partition coefficient (Wildman–Crippen LogP) is 3.62. The summed E-state index contributed by atoms with van der Waals surface area (Å²) in [7, 11) is 0. The van der Waals surface area contributed by atoms with Crippen LogP contribution in [0.2, 0.25) is 0 Å². The van der Waals surface area contributed by atoms with Gasteiger partial charge in [0.1, 0.15) is 18.4 Å². The summed E-state index contributed by atoms with van der Waals surface area (Å²) in [6.45, 7) is 2.67. The minimum absolute atomic E-state index is 0.224. The molecule has 0 saturated carbocycles. The number of carbonyl (C=O) groups is 2. The van der Waals surface area contributed by atoms with Gasteiger partial charge in [0.2, 0.25) is 0 Å². The van der Waals surface area contributed by atoms with E-state index in [2.05, 4.69) is 4.74 Å². The maximum atomic E-state index is 11.8. The molecule has 0 fully saturated rings. The normalized spacial score (nSPS) is 11.5. The Hall–Kier alpha value is -2.86. The van der Waals surface area contributed by atoms with Crippen LogP contribution in [-0.4, -0.2) is 24.8 Å². The smallest absolute Gasteiger partial charge is 0.489 e. The molecule has 0 aliphatic rings. The standard InChI is InChI=1S/C21H25NO5/c1-2-3-13-25-21(24)27-20(23)19(22)14-16-9-11-18(12-10-16)26-15-17-7-5-4-6-8-17/h4-12,19H,2-3,13-15,22H2,1H3/t19-/m0/s1. The molecule has 0 aliphatic carbocycles. The third-order valence-corrected chi connectivity index (χ3v) is 3.83. The molecule has 0 amide bonds. The van der Waals surface area contributed by atoms with Crippen molar-refractivity contribution in [1.29, 1.82) is 0 Å². The fourth-order valence-electron chi connectivity index (χ4n) is 2.29. The second-order valence-electron chi connectivity index (χ2n) is 6.10. The molecule has 2 N–H and O–H groups in total. The van der Waals surface area contributed by atoms with Crippen LogP contribution in [-0.2, 0) is 27.3 Å². The Morgan fingerprint density at radius 2 is 1.70 bits per heavy atom. The molecule has 0 spiro atoms. The molecular formula is C21H25NO5. The van der Waals surface area contributed by atoms with Crippen LogP contribution in [0.5, 0.6) is 5.75 Å². The number of hydrogen-bond acceptors (Lipinski definition) is 6. The summed E-state index contributed by atoms with van der Waals surface area (Å²) in [5, 5.41) is 0. The minimum atomic E-state index is -1.01. The molecule has 0 aliphatic heterocycles. The number of esters is 1. The molecule has 0 heterocycles. The monoisotopic (exact) mass is 371 g/mol. The second-order valence-corrected chi connectivity index (χ2v) is 6.10. The third kappa shape index (κ3) is 7.50. The number of carbonyl (C=O) groups excluding carboxylic acids is 2. The van der Waals surface area contributed by atoms with Crippen LogP contribution in [0.4, 0.5) is 4.79 Å². The second kappa shape index (κ2) is 11.0. The van der Waals surface area contributed by atoms with E-state index in [0.29, 0.717) is 13.0 Å². The number of unbranched alkanes of at least 4 members (excludes halogenated alkanes) is 1. The SMILES string of the molecule is CCCCOC(=O)OC(=O)[C@@H](N)Cc1ccc(OCc2ccccc2)cc1. The van der Waals surface area contributed by atoms with Crippen LogP contribution < -0.4 is 10.5 Å². The first-order valence-corrected chi connectivity index (χ1v) is 8.98. The number of hydrogen-bond donors (Lipinski definition) is 1. The Morgan fingerprint density at radius 1 is 1.00 bits per heavy atom. The zero-order valence-corrected chi connectivity index (χ0v) is 15.4. The molecule has 0 bridgehead atoms. The van der Waals surface area contributed by atoms with Gasteiger partial charge in [-0.05, 0) is 36.1 Å². The van der Waals surface area contributed by atoms with Gasteiger partial charge in [-0.1, -0.05) is 55.8 Å². The fraction of sp³-hybridized carbons (Fsp3) is 0.333. The van der Waals surface area contributed by atoms with E-state index in [1.807, 2.05) is 61.5 Å². The van der Waals surface area contributed by atoms with Crippen LogP contribution in [0.15, 0.2) is 54.6 Å². The van der Waals surface area contributed by atoms with Crippen molar-refractivity contribution < 1.29 is 23.8 Å². The lowest BCUT2D eigenvalue weighted by Crippen LogP contribution is -2.35. The van der Waals surface area contributed by atoms with Gasteiger partial charge < -0.3 is 19.9 Å². The van der Waals surface area contributed by atoms with E-state index in [0.717, 1.165) is 23.3 Å². The Labute approximate surface area is 159 Å². The van der Waals surface area contributed by atoms with Gasteiger partial charge in [0, 0.05) is 0 Å². The molecule has 0 aromatic heterocycles. The molecule has 2 aromatic rings. The maximum Gasteiger partial charge on any atom is 0.516 e. The highest BCUT2D eigenvalue weighted by Gasteiger charge is 2.20. The number of ether oxygens (including phenoxy) is 3. The van der Waals surface area contributed by atoms with E-state index in [-0.39, 0.29) is 13.0 Å². The van der Waals surface area contributed by atoms with E-state index in [1.54, 1.807) is 0 Å². The first-order valence-electron chi connectivity index (χ1n) is 8.98. The van der Waals surface area contributed by atoms with Crippen molar-refractivity contribution in [2.45, 2.75) is 38.8 Å². The number of nitrogens with two attached hydrogens (primary N) is 1. The highest BCUT2D eigenvalue weighted by atomic mass is 16.7. The Kier molecular flexibility index (Phi) is 8.32. The quantitative estimate of drug-likeness (QED) is 0.411. The summed E-state index contributed by atoms with van der Waals surface area (Å²) in [4.78, 5) is 23.2. The third-order valence-electron chi connectivity index (χ3n) is 3.83. The summed E-state index contributed by atoms with van der Waals surface area (Å²) in [5.74, 6) is -0.0841. The topological polar surface area (TPSA) is 87.9 Å². The number of rotatable bonds is 9. The molecule has 0 unspecified atom stereocenters. The van der Waals surface area contributed by atoms with Crippen LogP contribution in [0.1, 0.15) is 30.9 Å². The van der Waals surface area contributed by atoms with Gasteiger partial charge in [-0.3, -0.25) is 0 Å². The number of benzene rings is 2. The molecule has 144 valence electrons. The maximum absolute atomic E-state index is 11.8. The summed E-state index contributed by atoms with van der Waals surface area (Å²) >= 11 is 0. The first-order chi connectivity index (χ1) is 13.1. The van der Waals surface area contributed by atoms with Gasteiger partial charge in [0.25, 0.3) is 0 Å². The molecule has 6 heteroatoms. The van der Waals surface area contributed by atoms with Crippen LogP contribution in [0.25, 0.3) is 0 Å². The molecule has 0 saturated heterocycles. The highest BCUT2D eigenvalue weighted by Crippen LogP contribution is 2.15. The van der Waals surface area contributed by atoms with E-state index >= 15 is 0 Å². The van der Waals surface area contributed by atoms with Crippen molar-refractivity contribution in [3.05, 3.63) is 65.7 Å². The molecule has 27 heavy (non-hydrogen) atoms. The van der Waals surface area contributed by atoms with Crippen molar-refractivity contribution in [3.8, 4) is 5.75 Å². The lowest BCUT2D eigenvalue weighted by atomic mass is 10.1. The van der Waals surface area contributed by atoms with Crippen molar-refractivity contribution >= 4 is 12.1 Å². The molecule has 0 radical (unpaired) electrons. The van der Waals surface area contributed by atoms with Crippen LogP contribution >= 0.6 is 0 Å². The van der Waals surface area contributed by atoms with Crippen molar-refractivity contribution in [2.24, 2.45) is 5.73 Å². The largest absolute Gasteiger partial charge is 0.516 e. The van der Waals surface area contributed by atoms with Gasteiger partial charge in [-0.15, -0.1) is 0 Å². The highest BCUT2D eigenvalue weighted by molar-refractivity contribution is 5.85. The molecule has 2 rings (SSSR count). The molecule has 1 atom stereocenters. The van der Waals surface area contributed by atoms with Crippen molar-refractivity contribution in [1.82, 2.24) is 0 Å². The van der Waals surface area contributed by atoms with Gasteiger partial charge >= 0.3 is 12.1 Å². The summed E-state index contributed by atoms with van der Waals surface area (Å²) in [5.41, 5.74) is 7.73. The summed E-state index contributed by atoms with van der Waals surface area (Å²) < 4.78 is 15.1. The van der Waals surface area contributed by atoms with Crippen LogP contribution in [0, 0.1) is 0 Å². The molecular weight excluding hydrogens is 346 g/mol. The van der Waals surface area contributed by atoms with Crippen molar-refractivity contribution in [2.75, 3.05) is 6.61 Å². The van der Waals surface area contributed by atoms with E-state index in [1.165, 1.54) is 0 Å². The summed E-state index contributed by atoms with van der Waals surface area (Å²) in [6.07, 6.45) is 0.841. The van der Waals surface area contributed by atoms with Crippen molar-refractivity contribution in [3.63, 3.8) is 0 Å². The predicted molar refractivity (Wildman–Crippen MR) is 101 cm³/mol. The Morgan fingerprint density at radius 3 is 2.37 bits per heavy atom. The van der Waals surface area contributed by atoms with Crippen LogP contribution in [0.3, 0.4) is 0 Å². The van der Waals surface area contributed by atoms with Gasteiger partial charge in [-0.25, -0.2) is 9.59 Å².